The Hall–Kier alpha value is -1.18. The summed E-state index contributed by atoms with van der Waals surface area (Å²) in [5.74, 6) is 0.505. The fraction of sp³-hybridized carbons (Fsp3) is 0.500. The van der Waals surface area contributed by atoms with Gasteiger partial charge in [-0.1, -0.05) is 32.1 Å². The van der Waals surface area contributed by atoms with E-state index in [4.69, 9.17) is 5.73 Å². The number of nitrogens with two attached hydrogens (primary N) is 1. The second-order valence-corrected chi connectivity index (χ2v) is 3.88. The summed E-state index contributed by atoms with van der Waals surface area (Å²) in [4.78, 5) is 0. The van der Waals surface area contributed by atoms with Gasteiger partial charge >= 0.3 is 0 Å². The number of nitrogens with one attached hydrogen (secondary N) is 1. The van der Waals surface area contributed by atoms with Gasteiger partial charge < -0.3 is 11.1 Å². The second kappa shape index (κ2) is 4.89. The maximum atomic E-state index is 5.94. The van der Waals surface area contributed by atoms with Gasteiger partial charge in [-0.3, -0.25) is 0 Å². The fourth-order valence-corrected chi connectivity index (χ4v) is 1.61. The van der Waals surface area contributed by atoms with E-state index in [-0.39, 0.29) is 0 Å². The SMILES string of the molecule is C/C=C\C=C(/C1=C(N)CCN1)C(C)C. The van der Waals surface area contributed by atoms with Gasteiger partial charge in [-0.2, -0.15) is 0 Å². The van der Waals surface area contributed by atoms with Crippen molar-refractivity contribution in [3.63, 3.8) is 0 Å². The number of rotatable bonds is 3. The van der Waals surface area contributed by atoms with Gasteiger partial charge in [-0.25, -0.2) is 0 Å². The van der Waals surface area contributed by atoms with Crippen molar-refractivity contribution < 1.29 is 0 Å². The summed E-state index contributed by atoms with van der Waals surface area (Å²) >= 11 is 0. The van der Waals surface area contributed by atoms with Gasteiger partial charge in [0.25, 0.3) is 0 Å². The summed E-state index contributed by atoms with van der Waals surface area (Å²) in [5, 5.41) is 3.35. The largest absolute Gasteiger partial charge is 0.400 e. The number of allylic oxidation sites excluding steroid dienone is 4. The monoisotopic (exact) mass is 192 g/mol. The highest BCUT2D eigenvalue weighted by Gasteiger charge is 2.16. The third-order valence-electron chi connectivity index (χ3n) is 2.40. The topological polar surface area (TPSA) is 38.0 Å². The van der Waals surface area contributed by atoms with E-state index in [0.29, 0.717) is 5.92 Å². The van der Waals surface area contributed by atoms with Crippen LogP contribution < -0.4 is 11.1 Å². The minimum Gasteiger partial charge on any atom is -0.400 e. The third-order valence-corrected chi connectivity index (χ3v) is 2.40. The minimum atomic E-state index is 0.505. The number of hydrogen-bond donors (Lipinski definition) is 2. The highest BCUT2D eigenvalue weighted by Crippen LogP contribution is 2.23. The minimum absolute atomic E-state index is 0.505. The van der Waals surface area contributed by atoms with Gasteiger partial charge in [-0.05, 0) is 18.4 Å². The Balaban J connectivity index is 2.94. The van der Waals surface area contributed by atoms with E-state index in [9.17, 15) is 0 Å². The third kappa shape index (κ3) is 2.41. The van der Waals surface area contributed by atoms with Crippen molar-refractivity contribution in [3.8, 4) is 0 Å². The predicted octanol–water partition coefficient (Wildman–Crippen LogP) is 2.31. The Morgan fingerprint density at radius 3 is 2.64 bits per heavy atom. The Labute approximate surface area is 86.6 Å². The molecule has 0 aromatic carbocycles. The Kier molecular flexibility index (Phi) is 3.81. The van der Waals surface area contributed by atoms with E-state index < -0.39 is 0 Å². The summed E-state index contributed by atoms with van der Waals surface area (Å²) in [6.45, 7) is 7.38. The first kappa shape index (κ1) is 10.9. The molecule has 78 valence electrons. The Morgan fingerprint density at radius 1 is 1.50 bits per heavy atom. The van der Waals surface area contributed by atoms with Gasteiger partial charge in [0.05, 0.1) is 5.70 Å². The maximum Gasteiger partial charge on any atom is 0.0566 e. The van der Waals surface area contributed by atoms with Crippen LogP contribution in [0.15, 0.2) is 35.2 Å². The van der Waals surface area contributed by atoms with Crippen LogP contribution in [0.4, 0.5) is 0 Å². The van der Waals surface area contributed by atoms with E-state index in [1.807, 2.05) is 13.0 Å². The first-order chi connectivity index (χ1) is 6.66. The molecule has 1 aliphatic rings. The fourth-order valence-electron chi connectivity index (χ4n) is 1.61. The molecular weight excluding hydrogens is 172 g/mol. The van der Waals surface area contributed by atoms with Crippen molar-refractivity contribution in [1.82, 2.24) is 5.32 Å². The van der Waals surface area contributed by atoms with Crippen molar-refractivity contribution in [2.45, 2.75) is 27.2 Å². The molecule has 2 heteroatoms. The smallest absolute Gasteiger partial charge is 0.0566 e. The van der Waals surface area contributed by atoms with Crippen LogP contribution in [0.3, 0.4) is 0 Å². The molecule has 0 bridgehead atoms. The molecule has 0 fully saturated rings. The lowest BCUT2D eigenvalue weighted by molar-refractivity contribution is 0.748. The molecule has 1 rings (SSSR count). The van der Waals surface area contributed by atoms with Crippen LogP contribution in [0, 0.1) is 5.92 Å². The predicted molar refractivity (Wildman–Crippen MR) is 61.6 cm³/mol. The highest BCUT2D eigenvalue weighted by molar-refractivity contribution is 5.38. The quantitative estimate of drug-likeness (QED) is 0.673. The van der Waals surface area contributed by atoms with Gasteiger partial charge in [0, 0.05) is 18.7 Å². The molecule has 0 radical (unpaired) electrons. The lowest BCUT2D eigenvalue weighted by Crippen LogP contribution is -2.13. The van der Waals surface area contributed by atoms with Gasteiger partial charge in [-0.15, -0.1) is 0 Å². The molecule has 3 N–H and O–H groups in total. The van der Waals surface area contributed by atoms with Crippen LogP contribution in [0.25, 0.3) is 0 Å². The Morgan fingerprint density at radius 2 is 2.21 bits per heavy atom. The van der Waals surface area contributed by atoms with Crippen LogP contribution in [0.2, 0.25) is 0 Å². The van der Waals surface area contributed by atoms with Crippen LogP contribution in [-0.2, 0) is 0 Å². The normalized spacial score (nSPS) is 18.4. The molecule has 1 heterocycles. The van der Waals surface area contributed by atoms with Crippen LogP contribution in [0.5, 0.6) is 0 Å². The van der Waals surface area contributed by atoms with Crippen molar-refractivity contribution in [3.05, 3.63) is 35.2 Å². The molecule has 0 spiro atoms. The van der Waals surface area contributed by atoms with Crippen molar-refractivity contribution >= 4 is 0 Å². The standard InChI is InChI=1S/C12H20N2/c1-4-5-6-10(9(2)3)12-11(13)7-8-14-12/h4-6,9,14H,7-8,13H2,1-3H3/b5-4-,10-6-. The molecule has 0 aromatic rings. The summed E-state index contributed by atoms with van der Waals surface area (Å²) in [7, 11) is 0. The second-order valence-electron chi connectivity index (χ2n) is 3.88. The summed E-state index contributed by atoms with van der Waals surface area (Å²) in [5.41, 5.74) is 9.39. The number of hydrogen-bond acceptors (Lipinski definition) is 2. The average Bonchev–Trinajstić information content (AvgIpc) is 2.52. The maximum absolute atomic E-state index is 5.94. The van der Waals surface area contributed by atoms with Crippen molar-refractivity contribution in [2.75, 3.05) is 6.54 Å². The lowest BCUT2D eigenvalue weighted by atomic mass is 9.98. The van der Waals surface area contributed by atoms with Gasteiger partial charge in [0.15, 0.2) is 0 Å². The van der Waals surface area contributed by atoms with E-state index >= 15 is 0 Å². The Bertz CT molecular complexity index is 283. The zero-order valence-corrected chi connectivity index (χ0v) is 9.30. The zero-order valence-electron chi connectivity index (χ0n) is 9.30. The van der Waals surface area contributed by atoms with Crippen LogP contribution in [0.1, 0.15) is 27.2 Å². The summed E-state index contributed by atoms with van der Waals surface area (Å²) in [6.07, 6.45) is 7.21. The molecule has 1 aliphatic heterocycles. The molecule has 0 amide bonds. The van der Waals surface area contributed by atoms with Crippen LogP contribution >= 0.6 is 0 Å². The molecular formula is C12H20N2. The molecule has 2 nitrogen and oxygen atoms in total. The zero-order chi connectivity index (χ0) is 10.6. The molecule has 0 saturated carbocycles. The van der Waals surface area contributed by atoms with Gasteiger partial charge in [0.2, 0.25) is 0 Å². The molecule has 0 unspecified atom stereocenters. The molecule has 0 aromatic heterocycles. The average molecular weight is 192 g/mol. The molecule has 0 saturated heterocycles. The summed E-state index contributed by atoms with van der Waals surface area (Å²) in [6, 6.07) is 0. The molecule has 0 aliphatic carbocycles. The van der Waals surface area contributed by atoms with Crippen LogP contribution in [-0.4, -0.2) is 6.54 Å². The van der Waals surface area contributed by atoms with Crippen molar-refractivity contribution in [1.29, 1.82) is 0 Å². The lowest BCUT2D eigenvalue weighted by Gasteiger charge is -2.13. The van der Waals surface area contributed by atoms with Gasteiger partial charge in [0.1, 0.15) is 0 Å². The molecule has 0 atom stereocenters. The summed E-state index contributed by atoms with van der Waals surface area (Å²) < 4.78 is 0. The van der Waals surface area contributed by atoms with E-state index in [0.717, 1.165) is 24.4 Å². The van der Waals surface area contributed by atoms with E-state index in [2.05, 4.69) is 31.3 Å². The molecule has 14 heavy (non-hydrogen) atoms. The highest BCUT2D eigenvalue weighted by atomic mass is 14.9. The van der Waals surface area contributed by atoms with Crippen molar-refractivity contribution in [2.24, 2.45) is 11.7 Å². The first-order valence-electron chi connectivity index (χ1n) is 5.22. The first-order valence-corrected chi connectivity index (χ1v) is 5.22. The van der Waals surface area contributed by atoms with E-state index in [1.165, 1.54) is 5.57 Å². The van der Waals surface area contributed by atoms with E-state index in [1.54, 1.807) is 0 Å².